The molecule has 0 saturated carbocycles. The van der Waals surface area contributed by atoms with Gasteiger partial charge in [-0.05, 0) is 61.0 Å². The standard InChI is InChI=1S/C23H25N5OS/c30-23-26-21(19-8-1-2-11-25-19)22(28(23)16-18-7-5-13-29-18)20-9-4-12-27(20)15-17-6-3-10-24-14-17/h1-4,6,8-12,14,18,21-22H,5,7,13,15-16H2,(H,26,30)/t18-,21-,22+/m0/s1. The lowest BCUT2D eigenvalue weighted by atomic mass is 10.0. The summed E-state index contributed by atoms with van der Waals surface area (Å²) in [5.74, 6) is 0. The van der Waals surface area contributed by atoms with Gasteiger partial charge in [0.1, 0.15) is 0 Å². The van der Waals surface area contributed by atoms with Crippen molar-refractivity contribution in [1.82, 2.24) is 24.8 Å². The molecule has 30 heavy (non-hydrogen) atoms. The van der Waals surface area contributed by atoms with Crippen LogP contribution in [0.2, 0.25) is 0 Å². The van der Waals surface area contributed by atoms with Gasteiger partial charge in [-0.1, -0.05) is 12.1 Å². The topological polar surface area (TPSA) is 55.2 Å². The van der Waals surface area contributed by atoms with E-state index in [4.69, 9.17) is 17.0 Å². The Morgan fingerprint density at radius 3 is 2.87 bits per heavy atom. The van der Waals surface area contributed by atoms with E-state index in [1.165, 1.54) is 11.3 Å². The van der Waals surface area contributed by atoms with Crippen LogP contribution in [0.5, 0.6) is 0 Å². The summed E-state index contributed by atoms with van der Waals surface area (Å²) in [4.78, 5) is 11.2. The monoisotopic (exact) mass is 419 g/mol. The lowest BCUT2D eigenvalue weighted by molar-refractivity contribution is 0.0834. The fourth-order valence-electron chi connectivity index (χ4n) is 4.46. The van der Waals surface area contributed by atoms with Crippen LogP contribution < -0.4 is 5.32 Å². The fourth-order valence-corrected chi connectivity index (χ4v) is 4.77. The van der Waals surface area contributed by atoms with Gasteiger partial charge < -0.3 is 19.5 Å². The van der Waals surface area contributed by atoms with Gasteiger partial charge in [-0.2, -0.15) is 0 Å². The van der Waals surface area contributed by atoms with Crippen molar-refractivity contribution in [2.45, 2.75) is 37.6 Å². The summed E-state index contributed by atoms with van der Waals surface area (Å²) in [5.41, 5.74) is 3.37. The van der Waals surface area contributed by atoms with E-state index in [0.717, 1.165) is 43.3 Å². The molecule has 0 aliphatic carbocycles. The molecule has 154 valence electrons. The van der Waals surface area contributed by atoms with Gasteiger partial charge in [0.15, 0.2) is 5.11 Å². The number of nitrogens with one attached hydrogen (secondary N) is 1. The van der Waals surface area contributed by atoms with Crippen LogP contribution in [-0.2, 0) is 11.3 Å². The maximum Gasteiger partial charge on any atom is 0.170 e. The molecule has 0 radical (unpaired) electrons. The minimum atomic E-state index is -0.0114. The number of rotatable bonds is 6. The van der Waals surface area contributed by atoms with Crippen molar-refractivity contribution in [3.63, 3.8) is 0 Å². The third-order valence-corrected chi connectivity index (χ3v) is 6.22. The molecule has 1 N–H and O–H groups in total. The van der Waals surface area contributed by atoms with Gasteiger partial charge in [-0.25, -0.2) is 0 Å². The Morgan fingerprint density at radius 1 is 1.13 bits per heavy atom. The lowest BCUT2D eigenvalue weighted by Gasteiger charge is -2.30. The molecule has 6 nitrogen and oxygen atoms in total. The maximum absolute atomic E-state index is 5.94. The highest BCUT2D eigenvalue weighted by Crippen LogP contribution is 2.39. The highest BCUT2D eigenvalue weighted by molar-refractivity contribution is 7.80. The summed E-state index contributed by atoms with van der Waals surface area (Å²) in [6, 6.07) is 14.5. The SMILES string of the molecule is S=C1N[C@@H](c2ccccn2)[C@@H](c2cccn2Cc2cccnc2)N1C[C@@H]1CCCO1. The third-order valence-electron chi connectivity index (χ3n) is 5.87. The number of hydrogen-bond acceptors (Lipinski definition) is 4. The first-order valence-corrected chi connectivity index (χ1v) is 10.8. The van der Waals surface area contributed by atoms with Gasteiger partial charge >= 0.3 is 0 Å². The normalized spacial score (nSPS) is 23.7. The number of nitrogens with zero attached hydrogens (tertiary/aromatic N) is 4. The number of thiocarbonyl (C=S) groups is 1. The van der Waals surface area contributed by atoms with E-state index >= 15 is 0 Å². The van der Waals surface area contributed by atoms with Crippen molar-refractivity contribution in [2.24, 2.45) is 0 Å². The first-order valence-electron chi connectivity index (χ1n) is 10.4. The van der Waals surface area contributed by atoms with Crippen LogP contribution in [0.4, 0.5) is 0 Å². The molecule has 5 heterocycles. The van der Waals surface area contributed by atoms with E-state index in [-0.39, 0.29) is 18.2 Å². The second kappa shape index (κ2) is 8.53. The minimum absolute atomic E-state index is 0.0114. The van der Waals surface area contributed by atoms with E-state index < -0.39 is 0 Å². The molecule has 3 aromatic rings. The molecule has 3 atom stereocenters. The highest BCUT2D eigenvalue weighted by Gasteiger charge is 2.42. The Bertz CT molecular complexity index is 987. The zero-order chi connectivity index (χ0) is 20.3. The summed E-state index contributed by atoms with van der Waals surface area (Å²) in [7, 11) is 0. The van der Waals surface area contributed by atoms with Crippen molar-refractivity contribution in [3.8, 4) is 0 Å². The second-order valence-electron chi connectivity index (χ2n) is 7.84. The van der Waals surface area contributed by atoms with Gasteiger partial charge in [-0.3, -0.25) is 9.97 Å². The van der Waals surface area contributed by atoms with Crippen LogP contribution >= 0.6 is 12.2 Å². The van der Waals surface area contributed by atoms with Crippen LogP contribution in [-0.4, -0.2) is 43.8 Å². The van der Waals surface area contributed by atoms with Crippen LogP contribution in [0.15, 0.2) is 67.3 Å². The molecule has 3 aromatic heterocycles. The molecule has 2 fully saturated rings. The van der Waals surface area contributed by atoms with Crippen molar-refractivity contribution in [3.05, 3.63) is 84.2 Å². The Labute approximate surface area is 181 Å². The minimum Gasteiger partial charge on any atom is -0.376 e. The van der Waals surface area contributed by atoms with Gasteiger partial charge in [0.25, 0.3) is 0 Å². The molecule has 5 rings (SSSR count). The van der Waals surface area contributed by atoms with E-state index in [0.29, 0.717) is 0 Å². The maximum atomic E-state index is 5.94. The largest absolute Gasteiger partial charge is 0.376 e. The van der Waals surface area contributed by atoms with Crippen LogP contribution in [0.3, 0.4) is 0 Å². The van der Waals surface area contributed by atoms with Crippen LogP contribution in [0.1, 0.15) is 41.9 Å². The molecule has 2 aliphatic rings. The Kier molecular flexibility index (Phi) is 5.46. The molecule has 2 saturated heterocycles. The lowest BCUT2D eigenvalue weighted by Crippen LogP contribution is -2.36. The number of ether oxygens (including phenoxy) is 1. The predicted octanol–water partition coefficient (Wildman–Crippen LogP) is 3.48. The molecule has 0 amide bonds. The highest BCUT2D eigenvalue weighted by atomic mass is 32.1. The molecule has 7 heteroatoms. The van der Waals surface area contributed by atoms with E-state index in [2.05, 4.69) is 55.2 Å². The molecular weight excluding hydrogens is 394 g/mol. The van der Waals surface area contributed by atoms with Crippen LogP contribution in [0, 0.1) is 0 Å². The van der Waals surface area contributed by atoms with Crippen molar-refractivity contribution in [1.29, 1.82) is 0 Å². The summed E-state index contributed by atoms with van der Waals surface area (Å²) in [5, 5.41) is 4.30. The zero-order valence-electron chi connectivity index (χ0n) is 16.7. The van der Waals surface area contributed by atoms with E-state index in [9.17, 15) is 0 Å². The Balaban J connectivity index is 1.51. The summed E-state index contributed by atoms with van der Waals surface area (Å²) in [6.07, 6.45) is 10.1. The van der Waals surface area contributed by atoms with Crippen molar-refractivity contribution >= 4 is 17.3 Å². The first-order chi connectivity index (χ1) is 14.8. The Morgan fingerprint density at radius 2 is 2.10 bits per heavy atom. The number of hydrogen-bond donors (Lipinski definition) is 1. The number of aromatic nitrogens is 3. The third kappa shape index (κ3) is 3.82. The molecule has 2 aliphatic heterocycles. The van der Waals surface area contributed by atoms with Crippen LogP contribution in [0.25, 0.3) is 0 Å². The number of pyridine rings is 2. The van der Waals surface area contributed by atoms with E-state index in [1.54, 1.807) is 6.20 Å². The van der Waals surface area contributed by atoms with Crippen molar-refractivity contribution in [2.75, 3.05) is 13.2 Å². The quantitative estimate of drug-likeness (QED) is 0.618. The second-order valence-corrected chi connectivity index (χ2v) is 8.22. The summed E-state index contributed by atoms with van der Waals surface area (Å²) < 4.78 is 8.22. The fraction of sp³-hybridized carbons (Fsp3) is 0.348. The van der Waals surface area contributed by atoms with Gasteiger partial charge in [-0.15, -0.1) is 0 Å². The summed E-state index contributed by atoms with van der Waals surface area (Å²) in [6.45, 7) is 2.39. The van der Waals surface area contributed by atoms with Crippen molar-refractivity contribution < 1.29 is 4.74 Å². The summed E-state index contributed by atoms with van der Waals surface area (Å²) >= 11 is 5.79. The van der Waals surface area contributed by atoms with Gasteiger partial charge in [0.2, 0.25) is 0 Å². The molecule has 0 spiro atoms. The Hall–Kier alpha value is -2.77. The average Bonchev–Trinajstić information content (AvgIpc) is 3.52. The smallest absolute Gasteiger partial charge is 0.170 e. The molecule has 0 unspecified atom stereocenters. The predicted molar refractivity (Wildman–Crippen MR) is 119 cm³/mol. The van der Waals surface area contributed by atoms with Gasteiger partial charge in [0, 0.05) is 50.2 Å². The molecule has 0 bridgehead atoms. The average molecular weight is 420 g/mol. The zero-order valence-corrected chi connectivity index (χ0v) is 17.5. The van der Waals surface area contributed by atoms with E-state index in [1.807, 2.05) is 30.6 Å². The molecular formula is C23H25N5OS. The molecule has 0 aromatic carbocycles. The first kappa shape index (κ1) is 19.2. The van der Waals surface area contributed by atoms with Gasteiger partial charge in [0.05, 0.1) is 23.9 Å².